The Bertz CT molecular complexity index is 1540. The molecule has 0 radical (unpaired) electrons. The summed E-state index contributed by atoms with van der Waals surface area (Å²) >= 11 is -3.96. The van der Waals surface area contributed by atoms with E-state index in [1.807, 2.05) is 0 Å². The number of allylic oxidation sites excluding steroid dienone is 1. The van der Waals surface area contributed by atoms with Gasteiger partial charge in [0.2, 0.25) is 0 Å². The number of aryl methyl sites for hydroxylation is 1. The second-order valence-electron chi connectivity index (χ2n) is 11.1. The minimum atomic E-state index is -3.96. The molecule has 0 bridgehead atoms. The van der Waals surface area contributed by atoms with Crippen LogP contribution in [0.15, 0.2) is 90.5 Å². The maximum absolute atomic E-state index is 7.84. The minimum absolute atomic E-state index is 0.120. The van der Waals surface area contributed by atoms with Crippen molar-refractivity contribution in [1.82, 2.24) is 0 Å². The summed E-state index contributed by atoms with van der Waals surface area (Å²) in [5.41, 5.74) is 11.0. The molecule has 4 aromatic carbocycles. The quantitative estimate of drug-likeness (QED) is 0.162. The predicted octanol–water partition coefficient (Wildman–Crippen LogP) is 7.68. The van der Waals surface area contributed by atoms with Crippen LogP contribution >= 0.6 is 17.0 Å². The van der Waals surface area contributed by atoms with Crippen molar-refractivity contribution in [1.29, 1.82) is 0 Å². The van der Waals surface area contributed by atoms with E-state index in [9.17, 15) is 0 Å². The van der Waals surface area contributed by atoms with Gasteiger partial charge in [0.15, 0.2) is 0 Å². The van der Waals surface area contributed by atoms with Gasteiger partial charge in [-0.05, 0) is 0 Å². The standard InChI is InChI=1S/C22H25.C12H9Si.2ClH.Zr/c1-4-5-9-18-12-13-19-14-20(16(2)3)15-21(19)22(18)17-10-7-6-8-11-17;1-3-7-11-9(5-1)10-6-2-4-8-12(10)13-11;;;/h6-8,10-16H,4-5,9H2,1-3H3;1-7H,13H2;2*1H;/q;;;;+2/p-2. The van der Waals surface area contributed by atoms with E-state index in [1.54, 1.807) is 0 Å². The van der Waals surface area contributed by atoms with Crippen molar-refractivity contribution in [3.8, 4) is 22.3 Å². The molecule has 1 heterocycles. The first-order valence-electron chi connectivity index (χ1n) is 13.9. The van der Waals surface area contributed by atoms with Gasteiger partial charge in [0.25, 0.3) is 0 Å². The first-order chi connectivity index (χ1) is 18.4. The van der Waals surface area contributed by atoms with E-state index >= 15 is 0 Å². The van der Waals surface area contributed by atoms with Crippen LogP contribution < -0.4 is 13.6 Å². The molecule has 0 fully saturated rings. The molecule has 4 aromatic rings. The molecule has 4 heteroatoms. The van der Waals surface area contributed by atoms with Crippen LogP contribution in [-0.4, -0.2) is 9.52 Å². The van der Waals surface area contributed by atoms with Gasteiger partial charge in [0, 0.05) is 0 Å². The first-order valence-corrected chi connectivity index (χ1v) is 24.3. The van der Waals surface area contributed by atoms with Crippen molar-refractivity contribution in [3.63, 3.8) is 0 Å². The Balaban J connectivity index is 1.53. The SMILES string of the molecule is CCCCc1ccc2c(c1-c1ccccc1)C=C(C(C)C)[CH]2[Zr]([Cl])([Cl])[c]1cccc2c1[SiH2]c1ccccc1-2. The molecule has 192 valence electrons. The second kappa shape index (κ2) is 10.7. The van der Waals surface area contributed by atoms with Crippen LogP contribution in [0.1, 0.15) is 53.9 Å². The second-order valence-corrected chi connectivity index (χ2v) is 26.9. The molecule has 38 heavy (non-hydrogen) atoms. The summed E-state index contributed by atoms with van der Waals surface area (Å²) in [5.74, 6) is 0.384. The Kier molecular flexibility index (Phi) is 7.47. The summed E-state index contributed by atoms with van der Waals surface area (Å²) in [6.07, 6.45) is 5.94. The molecule has 1 aliphatic carbocycles. The Labute approximate surface area is 241 Å². The van der Waals surface area contributed by atoms with Gasteiger partial charge in [0.05, 0.1) is 0 Å². The molecule has 1 aliphatic heterocycles. The molecule has 0 amide bonds. The molecule has 0 N–H and O–H groups in total. The molecular formula is C34H34Cl2SiZr. The van der Waals surface area contributed by atoms with Crippen molar-refractivity contribution in [2.24, 2.45) is 5.92 Å². The molecule has 6 rings (SSSR count). The predicted molar refractivity (Wildman–Crippen MR) is 167 cm³/mol. The monoisotopic (exact) mass is 630 g/mol. The Morgan fingerprint density at radius 1 is 0.842 bits per heavy atom. The zero-order valence-corrected chi connectivity index (χ0v) is 27.8. The normalized spacial score (nSPS) is 16.5. The van der Waals surface area contributed by atoms with E-state index in [-0.39, 0.29) is 3.63 Å². The third-order valence-electron chi connectivity index (χ3n) is 8.42. The van der Waals surface area contributed by atoms with E-state index in [2.05, 4.69) is 112 Å². The molecule has 0 saturated heterocycles. The average molecular weight is 633 g/mol. The van der Waals surface area contributed by atoms with Crippen molar-refractivity contribution in [2.75, 3.05) is 0 Å². The molecule has 0 spiro atoms. The third kappa shape index (κ3) is 4.46. The zero-order chi connectivity index (χ0) is 26.4. The number of fused-ring (bicyclic) bond motifs is 4. The zero-order valence-electron chi connectivity index (χ0n) is 22.4. The maximum atomic E-state index is 7.84. The fraction of sp³-hybridized carbons (Fsp3) is 0.235. The number of rotatable bonds is 7. The van der Waals surface area contributed by atoms with Crippen LogP contribution in [0.2, 0.25) is 0 Å². The van der Waals surface area contributed by atoms with Gasteiger partial charge in [-0.3, -0.25) is 0 Å². The summed E-state index contributed by atoms with van der Waals surface area (Å²) < 4.78 is 1.43. The first kappa shape index (κ1) is 26.5. The van der Waals surface area contributed by atoms with Crippen LogP contribution in [0.25, 0.3) is 28.3 Å². The van der Waals surface area contributed by atoms with Gasteiger partial charge in [-0.25, -0.2) is 0 Å². The average Bonchev–Trinajstić information content (AvgIpc) is 3.51. The molecule has 1 atom stereocenters. The van der Waals surface area contributed by atoms with Gasteiger partial charge in [-0.15, -0.1) is 0 Å². The number of benzene rings is 4. The van der Waals surface area contributed by atoms with Gasteiger partial charge in [-0.2, -0.15) is 0 Å². The van der Waals surface area contributed by atoms with Crippen molar-refractivity contribution >= 4 is 46.3 Å². The van der Waals surface area contributed by atoms with Crippen LogP contribution in [0.4, 0.5) is 0 Å². The van der Waals surface area contributed by atoms with Gasteiger partial charge < -0.3 is 0 Å². The summed E-state index contributed by atoms with van der Waals surface area (Å²) in [7, 11) is 15.1. The summed E-state index contributed by atoms with van der Waals surface area (Å²) in [5, 5.41) is 3.01. The molecule has 0 nitrogen and oxygen atoms in total. The fourth-order valence-electron chi connectivity index (χ4n) is 6.57. The van der Waals surface area contributed by atoms with Crippen LogP contribution in [0.5, 0.6) is 0 Å². The van der Waals surface area contributed by atoms with Crippen LogP contribution in [-0.2, 0) is 24.3 Å². The Morgan fingerprint density at radius 2 is 1.58 bits per heavy atom. The summed E-state index contributed by atoms with van der Waals surface area (Å²) in [6.45, 7) is 6.88. The van der Waals surface area contributed by atoms with Crippen LogP contribution in [0, 0.1) is 5.92 Å². The molecule has 1 unspecified atom stereocenters. The van der Waals surface area contributed by atoms with Gasteiger partial charge in [0.1, 0.15) is 0 Å². The van der Waals surface area contributed by atoms with E-state index in [1.165, 1.54) is 71.0 Å². The van der Waals surface area contributed by atoms with Gasteiger partial charge >= 0.3 is 243 Å². The molecule has 0 aromatic heterocycles. The van der Waals surface area contributed by atoms with E-state index in [0.29, 0.717) is 5.92 Å². The molecule has 0 saturated carbocycles. The summed E-state index contributed by atoms with van der Waals surface area (Å²) in [6, 6.07) is 31.3. The Hall–Kier alpha value is -1.70. The number of halogens is 2. The molecular weight excluding hydrogens is 599 g/mol. The van der Waals surface area contributed by atoms with E-state index in [0.717, 1.165) is 6.42 Å². The number of unbranched alkanes of at least 4 members (excludes halogenated alkanes) is 1. The van der Waals surface area contributed by atoms with Crippen molar-refractivity contribution in [2.45, 2.75) is 43.7 Å². The fourth-order valence-corrected chi connectivity index (χ4v) is 23.6. The van der Waals surface area contributed by atoms with Crippen LogP contribution in [0.3, 0.4) is 0 Å². The topological polar surface area (TPSA) is 0 Å². The van der Waals surface area contributed by atoms with Crippen molar-refractivity contribution in [3.05, 3.63) is 107 Å². The van der Waals surface area contributed by atoms with Gasteiger partial charge in [-0.1, -0.05) is 0 Å². The third-order valence-corrected chi connectivity index (χ3v) is 22.7. The van der Waals surface area contributed by atoms with Crippen molar-refractivity contribution < 1.29 is 17.9 Å². The Morgan fingerprint density at radius 3 is 2.34 bits per heavy atom. The van der Waals surface area contributed by atoms with E-state index < -0.39 is 27.4 Å². The number of hydrogen-bond acceptors (Lipinski definition) is 0. The number of hydrogen-bond donors (Lipinski definition) is 0. The summed E-state index contributed by atoms with van der Waals surface area (Å²) in [4.78, 5) is 0. The van der Waals surface area contributed by atoms with E-state index in [4.69, 9.17) is 17.0 Å². The molecule has 2 aliphatic rings.